The third kappa shape index (κ3) is 3.64. The number of carbonyl (C=O) groups excluding carboxylic acids is 1. The molecular weight excluding hydrogens is 194 g/mol. The normalized spacial score (nSPS) is 27.3. The fraction of sp³-hybridized carbons (Fsp3) is 0.727. The molecule has 0 bridgehead atoms. The quantitative estimate of drug-likeness (QED) is 0.512. The maximum absolute atomic E-state index is 11.3. The number of esters is 1. The van der Waals surface area contributed by atoms with Crippen LogP contribution in [-0.4, -0.2) is 49.8 Å². The van der Waals surface area contributed by atoms with Crippen LogP contribution in [0.2, 0.25) is 0 Å². The molecule has 1 aliphatic rings. The fourth-order valence-electron chi connectivity index (χ4n) is 1.76. The maximum atomic E-state index is 11.3. The Hall–Kier alpha value is -0.870. The highest BCUT2D eigenvalue weighted by Crippen LogP contribution is 2.12. The summed E-state index contributed by atoms with van der Waals surface area (Å²) in [6.07, 6.45) is 2.45. The van der Waals surface area contributed by atoms with Crippen molar-refractivity contribution >= 4 is 5.97 Å². The molecule has 1 saturated heterocycles. The molecule has 2 atom stereocenters. The summed E-state index contributed by atoms with van der Waals surface area (Å²) in [5, 5.41) is 0. The zero-order valence-electron chi connectivity index (χ0n) is 9.44. The lowest BCUT2D eigenvalue weighted by Crippen LogP contribution is -2.50. The van der Waals surface area contributed by atoms with Crippen LogP contribution >= 0.6 is 0 Å². The van der Waals surface area contributed by atoms with E-state index in [2.05, 4.69) is 16.2 Å². The molecule has 0 aromatic carbocycles. The number of ether oxygens (including phenoxy) is 2. The summed E-state index contributed by atoms with van der Waals surface area (Å²) < 4.78 is 10.2. The standard InChI is InChI=1S/C11H19NO3/c1-4-5-6-12-7-9(2)15-10(8-12)11(13)14-3/h4,9-10H,1,5-8H2,2-3H3/t9-,10?/m1/s1. The van der Waals surface area contributed by atoms with Gasteiger partial charge in [0.1, 0.15) is 0 Å². The molecule has 15 heavy (non-hydrogen) atoms. The van der Waals surface area contributed by atoms with Crippen molar-refractivity contribution in [3.63, 3.8) is 0 Å². The number of morpholine rings is 1. The minimum Gasteiger partial charge on any atom is -0.467 e. The largest absolute Gasteiger partial charge is 0.467 e. The first kappa shape index (κ1) is 12.2. The van der Waals surface area contributed by atoms with Crippen LogP contribution < -0.4 is 0 Å². The van der Waals surface area contributed by atoms with Gasteiger partial charge in [-0.15, -0.1) is 6.58 Å². The van der Waals surface area contributed by atoms with Crippen LogP contribution in [0.1, 0.15) is 13.3 Å². The molecule has 0 saturated carbocycles. The highest BCUT2D eigenvalue weighted by Gasteiger charge is 2.30. The predicted molar refractivity (Wildman–Crippen MR) is 57.6 cm³/mol. The molecule has 0 N–H and O–H groups in total. The van der Waals surface area contributed by atoms with Crippen LogP contribution in [-0.2, 0) is 14.3 Å². The number of rotatable bonds is 4. The summed E-state index contributed by atoms with van der Waals surface area (Å²) >= 11 is 0. The van der Waals surface area contributed by atoms with Gasteiger partial charge in [0.05, 0.1) is 13.2 Å². The van der Waals surface area contributed by atoms with Gasteiger partial charge < -0.3 is 9.47 Å². The molecule has 1 heterocycles. The molecule has 4 nitrogen and oxygen atoms in total. The molecule has 0 aromatic rings. The van der Waals surface area contributed by atoms with E-state index in [1.807, 2.05) is 13.0 Å². The maximum Gasteiger partial charge on any atom is 0.336 e. The molecule has 1 aliphatic heterocycles. The SMILES string of the molecule is C=CCCN1CC(C(=O)OC)O[C@H](C)C1. The Labute approximate surface area is 90.8 Å². The van der Waals surface area contributed by atoms with Gasteiger partial charge in [-0.3, -0.25) is 4.90 Å². The predicted octanol–water partition coefficient (Wildman–Crippen LogP) is 0.825. The van der Waals surface area contributed by atoms with Crippen LogP contribution in [0.5, 0.6) is 0 Å². The van der Waals surface area contributed by atoms with E-state index in [1.54, 1.807) is 0 Å². The van der Waals surface area contributed by atoms with Crippen molar-refractivity contribution in [2.45, 2.75) is 25.6 Å². The average Bonchev–Trinajstić information content (AvgIpc) is 2.24. The molecular formula is C11H19NO3. The first-order valence-corrected chi connectivity index (χ1v) is 5.24. The van der Waals surface area contributed by atoms with Crippen molar-refractivity contribution in [2.24, 2.45) is 0 Å². The van der Waals surface area contributed by atoms with Crippen molar-refractivity contribution in [3.8, 4) is 0 Å². The Morgan fingerprint density at radius 2 is 2.40 bits per heavy atom. The van der Waals surface area contributed by atoms with Gasteiger partial charge in [-0.1, -0.05) is 6.08 Å². The Morgan fingerprint density at radius 3 is 3.00 bits per heavy atom. The second-order valence-electron chi connectivity index (χ2n) is 3.80. The Kier molecular flexibility index (Phi) is 4.78. The lowest BCUT2D eigenvalue weighted by molar-refractivity contribution is -0.166. The number of hydrogen-bond acceptors (Lipinski definition) is 4. The van der Waals surface area contributed by atoms with Crippen molar-refractivity contribution in [1.82, 2.24) is 4.90 Å². The van der Waals surface area contributed by atoms with Gasteiger partial charge >= 0.3 is 5.97 Å². The van der Waals surface area contributed by atoms with Crippen LogP contribution in [0.3, 0.4) is 0 Å². The Bertz CT molecular complexity index is 230. The lowest BCUT2D eigenvalue weighted by atomic mass is 10.2. The minimum absolute atomic E-state index is 0.0765. The van der Waals surface area contributed by atoms with Gasteiger partial charge in [-0.25, -0.2) is 4.79 Å². The molecule has 0 aromatic heterocycles. The molecule has 1 fully saturated rings. The first-order chi connectivity index (χ1) is 7.17. The zero-order chi connectivity index (χ0) is 11.3. The van der Waals surface area contributed by atoms with Crippen LogP contribution in [0.4, 0.5) is 0 Å². The van der Waals surface area contributed by atoms with E-state index in [-0.39, 0.29) is 12.1 Å². The third-order valence-electron chi connectivity index (χ3n) is 2.45. The van der Waals surface area contributed by atoms with Crippen molar-refractivity contribution in [1.29, 1.82) is 0 Å². The monoisotopic (exact) mass is 213 g/mol. The highest BCUT2D eigenvalue weighted by molar-refractivity contribution is 5.74. The van der Waals surface area contributed by atoms with Gasteiger partial charge in [0, 0.05) is 19.6 Å². The summed E-state index contributed by atoms with van der Waals surface area (Å²) in [5.74, 6) is -0.287. The molecule has 1 rings (SSSR count). The fourth-order valence-corrected chi connectivity index (χ4v) is 1.76. The van der Waals surface area contributed by atoms with Crippen LogP contribution in [0, 0.1) is 0 Å². The number of carbonyl (C=O) groups is 1. The van der Waals surface area contributed by atoms with Crippen molar-refractivity contribution in [3.05, 3.63) is 12.7 Å². The first-order valence-electron chi connectivity index (χ1n) is 5.24. The lowest BCUT2D eigenvalue weighted by Gasteiger charge is -2.35. The molecule has 0 aliphatic carbocycles. The third-order valence-corrected chi connectivity index (χ3v) is 2.45. The molecule has 86 valence electrons. The number of nitrogens with zero attached hydrogens (tertiary/aromatic N) is 1. The zero-order valence-corrected chi connectivity index (χ0v) is 9.44. The van der Waals surface area contributed by atoms with Crippen molar-refractivity contribution in [2.75, 3.05) is 26.7 Å². The smallest absolute Gasteiger partial charge is 0.336 e. The topological polar surface area (TPSA) is 38.8 Å². The molecule has 0 radical (unpaired) electrons. The average molecular weight is 213 g/mol. The molecule has 0 spiro atoms. The van der Waals surface area contributed by atoms with Gasteiger partial charge in [0.15, 0.2) is 6.10 Å². The highest BCUT2D eigenvalue weighted by atomic mass is 16.6. The van der Waals surface area contributed by atoms with Gasteiger partial charge in [-0.2, -0.15) is 0 Å². The summed E-state index contributed by atoms with van der Waals surface area (Å²) in [6, 6.07) is 0. The van der Waals surface area contributed by atoms with Crippen LogP contribution in [0.15, 0.2) is 12.7 Å². The van der Waals surface area contributed by atoms with Gasteiger partial charge in [0.2, 0.25) is 0 Å². The summed E-state index contributed by atoms with van der Waals surface area (Å²) in [5.41, 5.74) is 0. The van der Waals surface area contributed by atoms with Gasteiger partial charge in [0.25, 0.3) is 0 Å². The second-order valence-corrected chi connectivity index (χ2v) is 3.80. The summed E-state index contributed by atoms with van der Waals surface area (Å²) in [7, 11) is 1.39. The summed E-state index contributed by atoms with van der Waals surface area (Å²) in [6.45, 7) is 8.05. The van der Waals surface area contributed by atoms with E-state index in [0.717, 1.165) is 19.5 Å². The number of methoxy groups -OCH3 is 1. The Balaban J connectivity index is 2.47. The second kappa shape index (κ2) is 5.88. The Morgan fingerprint density at radius 1 is 1.67 bits per heavy atom. The van der Waals surface area contributed by atoms with E-state index >= 15 is 0 Å². The van der Waals surface area contributed by atoms with E-state index in [0.29, 0.717) is 6.54 Å². The van der Waals surface area contributed by atoms with Crippen LogP contribution in [0.25, 0.3) is 0 Å². The summed E-state index contributed by atoms with van der Waals surface area (Å²) in [4.78, 5) is 13.5. The molecule has 4 heteroatoms. The van der Waals surface area contributed by atoms with Crippen molar-refractivity contribution < 1.29 is 14.3 Å². The van der Waals surface area contributed by atoms with E-state index < -0.39 is 6.10 Å². The minimum atomic E-state index is -0.441. The van der Waals surface area contributed by atoms with Gasteiger partial charge in [-0.05, 0) is 13.3 Å². The molecule has 1 unspecified atom stereocenters. The molecule has 0 amide bonds. The van der Waals surface area contributed by atoms with E-state index in [9.17, 15) is 4.79 Å². The van der Waals surface area contributed by atoms with E-state index in [1.165, 1.54) is 7.11 Å². The van der Waals surface area contributed by atoms with E-state index in [4.69, 9.17) is 4.74 Å². The number of hydrogen-bond donors (Lipinski definition) is 0.